The van der Waals surface area contributed by atoms with E-state index in [9.17, 15) is 4.79 Å². The summed E-state index contributed by atoms with van der Waals surface area (Å²) in [4.78, 5) is 18.8. The van der Waals surface area contributed by atoms with Crippen molar-refractivity contribution >= 4 is 5.91 Å². The number of carbonyl (C=O) groups excluding carboxylic acids is 1. The van der Waals surface area contributed by atoms with Crippen LogP contribution in [0.25, 0.3) is 0 Å². The molecule has 110 valence electrons. The van der Waals surface area contributed by atoms with Crippen molar-refractivity contribution in [1.29, 1.82) is 0 Å². The third kappa shape index (κ3) is 3.91. The molecule has 0 unspecified atom stereocenters. The van der Waals surface area contributed by atoms with Crippen molar-refractivity contribution in [1.82, 2.24) is 14.7 Å². The van der Waals surface area contributed by atoms with Crippen LogP contribution in [0, 0.1) is 0 Å². The third-order valence-corrected chi connectivity index (χ3v) is 4.55. The Morgan fingerprint density at radius 3 is 2.63 bits per heavy atom. The minimum absolute atomic E-state index is 0.248. The highest BCUT2D eigenvalue weighted by atomic mass is 16.5. The molecule has 2 heterocycles. The van der Waals surface area contributed by atoms with Crippen LogP contribution < -0.4 is 0 Å². The summed E-state index contributed by atoms with van der Waals surface area (Å²) < 4.78 is 5.28. The van der Waals surface area contributed by atoms with Crippen LogP contribution in [-0.2, 0) is 9.53 Å². The molecule has 1 amide bonds. The summed E-state index contributed by atoms with van der Waals surface area (Å²) in [5.41, 5.74) is 0. The van der Waals surface area contributed by atoms with Gasteiger partial charge in [-0.05, 0) is 40.4 Å². The van der Waals surface area contributed by atoms with Crippen LogP contribution in [0.3, 0.4) is 0 Å². The Morgan fingerprint density at radius 1 is 1.32 bits per heavy atom. The first-order valence-electron chi connectivity index (χ1n) is 7.34. The number of carbonyl (C=O) groups is 1. The van der Waals surface area contributed by atoms with Crippen molar-refractivity contribution in [3.8, 4) is 0 Å². The predicted octanol–water partition coefficient (Wildman–Crippen LogP) is 0.260. The summed E-state index contributed by atoms with van der Waals surface area (Å²) in [5.74, 6) is 0.248. The van der Waals surface area contributed by atoms with Gasteiger partial charge >= 0.3 is 0 Å². The summed E-state index contributed by atoms with van der Waals surface area (Å²) in [6.07, 6.45) is 2.32. The molecular weight excluding hydrogens is 242 g/mol. The number of likely N-dealkylation sites (N-methyl/N-ethyl adjacent to an activating group) is 1. The minimum atomic E-state index is 0.248. The first-order valence-corrected chi connectivity index (χ1v) is 7.34. The largest absolute Gasteiger partial charge is 0.378 e. The number of ether oxygens (including phenoxy) is 1. The van der Waals surface area contributed by atoms with Crippen molar-refractivity contribution < 1.29 is 9.53 Å². The smallest absolute Gasteiger partial charge is 0.236 e. The second-order valence-corrected chi connectivity index (χ2v) is 5.92. The molecule has 0 saturated carbocycles. The molecule has 5 nitrogen and oxygen atoms in total. The zero-order chi connectivity index (χ0) is 13.8. The summed E-state index contributed by atoms with van der Waals surface area (Å²) in [6.45, 7) is 6.79. The quantitative estimate of drug-likeness (QED) is 0.736. The van der Waals surface area contributed by atoms with E-state index in [0.717, 1.165) is 32.5 Å². The van der Waals surface area contributed by atoms with Gasteiger partial charge in [0.1, 0.15) is 0 Å². The number of rotatable bonds is 3. The molecular formula is C14H27N3O2. The number of morpholine rings is 1. The maximum Gasteiger partial charge on any atom is 0.236 e. The van der Waals surface area contributed by atoms with E-state index in [1.54, 1.807) is 0 Å². The van der Waals surface area contributed by atoms with Crippen LogP contribution in [-0.4, -0.2) is 86.2 Å². The number of hydrogen-bond acceptors (Lipinski definition) is 4. The van der Waals surface area contributed by atoms with E-state index in [4.69, 9.17) is 4.74 Å². The zero-order valence-corrected chi connectivity index (χ0v) is 12.5. The molecule has 2 rings (SSSR count). The Balaban J connectivity index is 1.79. The fourth-order valence-corrected chi connectivity index (χ4v) is 2.92. The highest BCUT2D eigenvalue weighted by Crippen LogP contribution is 2.19. The van der Waals surface area contributed by atoms with Gasteiger partial charge in [-0.1, -0.05) is 0 Å². The van der Waals surface area contributed by atoms with E-state index < -0.39 is 0 Å². The predicted molar refractivity (Wildman–Crippen MR) is 75.1 cm³/mol. The molecule has 0 radical (unpaired) electrons. The molecule has 19 heavy (non-hydrogen) atoms. The van der Waals surface area contributed by atoms with Crippen LogP contribution >= 0.6 is 0 Å². The van der Waals surface area contributed by atoms with Gasteiger partial charge in [-0.3, -0.25) is 9.69 Å². The molecule has 0 aromatic rings. The zero-order valence-electron chi connectivity index (χ0n) is 12.5. The van der Waals surface area contributed by atoms with Crippen LogP contribution in [0.5, 0.6) is 0 Å². The van der Waals surface area contributed by atoms with Gasteiger partial charge < -0.3 is 14.5 Å². The molecule has 0 aromatic heterocycles. The van der Waals surface area contributed by atoms with Crippen molar-refractivity contribution in [3.05, 3.63) is 0 Å². The van der Waals surface area contributed by atoms with Gasteiger partial charge in [-0.2, -0.15) is 0 Å². The molecule has 0 spiro atoms. The average molecular weight is 269 g/mol. The highest BCUT2D eigenvalue weighted by Gasteiger charge is 2.27. The molecule has 0 aliphatic carbocycles. The van der Waals surface area contributed by atoms with E-state index in [0.29, 0.717) is 31.8 Å². The summed E-state index contributed by atoms with van der Waals surface area (Å²) in [5, 5.41) is 0. The fourth-order valence-electron chi connectivity index (χ4n) is 2.92. The van der Waals surface area contributed by atoms with Gasteiger partial charge in [0.2, 0.25) is 5.91 Å². The molecule has 5 heteroatoms. The molecule has 0 bridgehead atoms. The van der Waals surface area contributed by atoms with Crippen LogP contribution in [0.2, 0.25) is 0 Å². The van der Waals surface area contributed by atoms with Crippen LogP contribution in [0.4, 0.5) is 0 Å². The SMILES string of the molecule is C[C@@H]1C[C@@H](N(C)CC(=O)N2CCOCC2)CCN1C. The average Bonchev–Trinajstić information content (AvgIpc) is 2.42. The molecule has 0 N–H and O–H groups in total. The van der Waals surface area contributed by atoms with E-state index in [1.165, 1.54) is 0 Å². The Labute approximate surface area is 116 Å². The minimum Gasteiger partial charge on any atom is -0.378 e. The number of piperidine rings is 1. The molecule has 2 aliphatic heterocycles. The first kappa shape index (κ1) is 14.8. The number of amides is 1. The van der Waals surface area contributed by atoms with Crippen molar-refractivity contribution in [2.75, 3.05) is 53.5 Å². The van der Waals surface area contributed by atoms with E-state index in [2.05, 4.69) is 30.8 Å². The molecule has 2 atom stereocenters. The Hall–Kier alpha value is -0.650. The van der Waals surface area contributed by atoms with E-state index >= 15 is 0 Å². The Bertz CT molecular complexity index is 305. The van der Waals surface area contributed by atoms with Crippen molar-refractivity contribution in [2.24, 2.45) is 0 Å². The van der Waals surface area contributed by atoms with Crippen molar-refractivity contribution in [3.63, 3.8) is 0 Å². The number of nitrogens with zero attached hydrogens (tertiary/aromatic N) is 3. The summed E-state index contributed by atoms with van der Waals surface area (Å²) in [7, 11) is 4.26. The normalized spacial score (nSPS) is 29.8. The standard InChI is InChI=1S/C14H27N3O2/c1-12-10-13(4-5-15(12)2)16(3)11-14(18)17-6-8-19-9-7-17/h12-13H,4-11H2,1-3H3/t12-,13+/m1/s1. The monoisotopic (exact) mass is 269 g/mol. The van der Waals surface area contributed by atoms with E-state index in [1.807, 2.05) is 4.90 Å². The molecule has 2 fully saturated rings. The van der Waals surface area contributed by atoms with Gasteiger partial charge in [-0.25, -0.2) is 0 Å². The fraction of sp³-hybridized carbons (Fsp3) is 0.929. The Kier molecular flexibility index (Phi) is 5.19. The summed E-state index contributed by atoms with van der Waals surface area (Å²) in [6, 6.07) is 1.15. The van der Waals surface area contributed by atoms with Gasteiger partial charge in [-0.15, -0.1) is 0 Å². The second kappa shape index (κ2) is 6.68. The highest BCUT2D eigenvalue weighted by molar-refractivity contribution is 5.78. The number of likely N-dealkylation sites (tertiary alicyclic amines) is 1. The second-order valence-electron chi connectivity index (χ2n) is 5.92. The Morgan fingerprint density at radius 2 is 2.00 bits per heavy atom. The van der Waals surface area contributed by atoms with Crippen LogP contribution in [0.15, 0.2) is 0 Å². The molecule has 2 saturated heterocycles. The maximum absolute atomic E-state index is 12.2. The van der Waals surface area contributed by atoms with Crippen molar-refractivity contribution in [2.45, 2.75) is 31.8 Å². The van der Waals surface area contributed by atoms with Gasteiger partial charge in [0.25, 0.3) is 0 Å². The topological polar surface area (TPSA) is 36.0 Å². The lowest BCUT2D eigenvalue weighted by Crippen LogP contribution is -2.50. The first-order chi connectivity index (χ1) is 9.08. The lowest BCUT2D eigenvalue weighted by Gasteiger charge is -2.39. The van der Waals surface area contributed by atoms with Crippen LogP contribution in [0.1, 0.15) is 19.8 Å². The molecule has 2 aliphatic rings. The lowest BCUT2D eigenvalue weighted by atomic mass is 9.98. The lowest BCUT2D eigenvalue weighted by molar-refractivity contribution is -0.137. The van der Waals surface area contributed by atoms with Gasteiger partial charge in [0, 0.05) is 25.2 Å². The van der Waals surface area contributed by atoms with E-state index in [-0.39, 0.29) is 5.91 Å². The van der Waals surface area contributed by atoms with Gasteiger partial charge in [0.05, 0.1) is 19.8 Å². The van der Waals surface area contributed by atoms with Gasteiger partial charge in [0.15, 0.2) is 0 Å². The third-order valence-electron chi connectivity index (χ3n) is 4.55. The molecule has 0 aromatic carbocycles. The maximum atomic E-state index is 12.2. The number of hydrogen-bond donors (Lipinski definition) is 0. The summed E-state index contributed by atoms with van der Waals surface area (Å²) >= 11 is 0.